The van der Waals surface area contributed by atoms with Crippen LogP contribution in [0, 0.1) is 0 Å². The maximum atomic E-state index is 12.2. The van der Waals surface area contributed by atoms with Crippen LogP contribution in [-0.4, -0.2) is 29.4 Å². The van der Waals surface area contributed by atoms with Crippen LogP contribution in [0.15, 0.2) is 24.3 Å². The normalized spacial score (nSPS) is 20.8. The molecule has 122 valence electrons. The zero-order valence-corrected chi connectivity index (χ0v) is 14.8. The Kier molecular flexibility index (Phi) is 5.31. The van der Waals surface area contributed by atoms with Crippen LogP contribution < -0.4 is 10.6 Å². The van der Waals surface area contributed by atoms with Gasteiger partial charge in [0, 0.05) is 28.6 Å². The molecule has 2 rings (SSSR count). The van der Waals surface area contributed by atoms with Crippen molar-refractivity contribution >= 4 is 17.4 Å². The van der Waals surface area contributed by atoms with Crippen LogP contribution in [0.1, 0.15) is 46.1 Å². The molecule has 0 atom stereocenters. The van der Waals surface area contributed by atoms with E-state index >= 15 is 0 Å². The SMILES string of the molecule is CC1(C)CC(NCC(=O)Cc2ccc(Cl)cc2)CC(C)(C)N1. The fourth-order valence-electron chi connectivity index (χ4n) is 3.62. The van der Waals surface area contributed by atoms with Crippen molar-refractivity contribution in [3.63, 3.8) is 0 Å². The van der Waals surface area contributed by atoms with E-state index < -0.39 is 0 Å². The standard InChI is InChI=1S/C18H27ClN2O/c1-17(2)10-15(11-18(3,4)21-17)20-12-16(22)9-13-5-7-14(19)8-6-13/h5-8,15,20-21H,9-12H2,1-4H3. The second-order valence-corrected chi connectivity index (χ2v) is 8.16. The average molecular weight is 323 g/mol. The van der Waals surface area contributed by atoms with Crippen LogP contribution in [-0.2, 0) is 11.2 Å². The van der Waals surface area contributed by atoms with Crippen LogP contribution in [0.5, 0.6) is 0 Å². The topological polar surface area (TPSA) is 41.1 Å². The number of carbonyl (C=O) groups is 1. The third-order valence-electron chi connectivity index (χ3n) is 4.09. The molecular weight excluding hydrogens is 296 g/mol. The molecule has 1 aromatic carbocycles. The van der Waals surface area contributed by atoms with Gasteiger partial charge in [-0.3, -0.25) is 4.79 Å². The van der Waals surface area contributed by atoms with Gasteiger partial charge >= 0.3 is 0 Å². The van der Waals surface area contributed by atoms with Gasteiger partial charge in [0.05, 0.1) is 6.54 Å². The molecule has 4 heteroatoms. The lowest BCUT2D eigenvalue weighted by Crippen LogP contribution is -2.62. The first-order chi connectivity index (χ1) is 10.2. The molecule has 1 aliphatic rings. The van der Waals surface area contributed by atoms with Crippen molar-refractivity contribution in [1.82, 2.24) is 10.6 Å². The average Bonchev–Trinajstić information content (AvgIpc) is 2.36. The molecule has 22 heavy (non-hydrogen) atoms. The Morgan fingerprint density at radius 2 is 1.73 bits per heavy atom. The molecule has 0 bridgehead atoms. The molecular formula is C18H27ClN2O. The quantitative estimate of drug-likeness (QED) is 0.873. The summed E-state index contributed by atoms with van der Waals surface area (Å²) in [6, 6.07) is 7.86. The number of rotatable bonds is 5. The molecule has 1 saturated heterocycles. The van der Waals surface area contributed by atoms with Gasteiger partial charge < -0.3 is 10.6 Å². The molecule has 1 fully saturated rings. The molecule has 0 unspecified atom stereocenters. The summed E-state index contributed by atoms with van der Waals surface area (Å²) in [5.74, 6) is 0.219. The van der Waals surface area contributed by atoms with E-state index in [0.29, 0.717) is 24.0 Å². The summed E-state index contributed by atoms with van der Waals surface area (Å²) in [4.78, 5) is 12.2. The Balaban J connectivity index is 1.84. The van der Waals surface area contributed by atoms with Gasteiger partial charge in [-0.1, -0.05) is 23.7 Å². The minimum atomic E-state index is 0.0959. The summed E-state index contributed by atoms with van der Waals surface area (Å²) in [7, 11) is 0. The fourth-order valence-corrected chi connectivity index (χ4v) is 3.74. The number of piperidine rings is 1. The maximum Gasteiger partial charge on any atom is 0.150 e. The molecule has 0 radical (unpaired) electrons. The molecule has 1 aliphatic heterocycles. The smallest absolute Gasteiger partial charge is 0.150 e. The van der Waals surface area contributed by atoms with E-state index in [1.54, 1.807) is 0 Å². The molecule has 0 aliphatic carbocycles. The first-order valence-corrected chi connectivity index (χ1v) is 8.32. The lowest BCUT2D eigenvalue weighted by atomic mass is 9.79. The van der Waals surface area contributed by atoms with Crippen molar-refractivity contribution < 1.29 is 4.79 Å². The van der Waals surface area contributed by atoms with Crippen LogP contribution in [0.3, 0.4) is 0 Å². The lowest BCUT2D eigenvalue weighted by Gasteiger charge is -2.46. The summed E-state index contributed by atoms with van der Waals surface area (Å²) in [6.45, 7) is 9.31. The number of Topliss-reactive ketones (excluding diaryl/α,β-unsaturated/α-hetero) is 1. The summed E-state index contributed by atoms with van der Waals surface area (Å²) < 4.78 is 0. The Labute approximate surface area is 138 Å². The van der Waals surface area contributed by atoms with Crippen molar-refractivity contribution in [2.45, 2.75) is 64.1 Å². The maximum absolute atomic E-state index is 12.2. The summed E-state index contributed by atoms with van der Waals surface area (Å²) in [5, 5.41) is 7.81. The van der Waals surface area contributed by atoms with Crippen molar-refractivity contribution in [2.24, 2.45) is 0 Å². The number of carbonyl (C=O) groups excluding carboxylic acids is 1. The van der Waals surface area contributed by atoms with E-state index in [0.717, 1.165) is 18.4 Å². The van der Waals surface area contributed by atoms with Gasteiger partial charge in [-0.15, -0.1) is 0 Å². The molecule has 0 saturated carbocycles. The van der Waals surface area contributed by atoms with Gasteiger partial charge in [0.2, 0.25) is 0 Å². The van der Waals surface area contributed by atoms with Crippen molar-refractivity contribution in [3.8, 4) is 0 Å². The number of ketones is 1. The number of halogens is 1. The molecule has 0 aromatic heterocycles. The van der Waals surface area contributed by atoms with E-state index in [2.05, 4.69) is 38.3 Å². The number of hydrogen-bond donors (Lipinski definition) is 2. The number of benzene rings is 1. The summed E-state index contributed by atoms with van der Waals surface area (Å²) in [5.41, 5.74) is 1.21. The lowest BCUT2D eigenvalue weighted by molar-refractivity contribution is -0.117. The summed E-state index contributed by atoms with van der Waals surface area (Å²) >= 11 is 5.86. The van der Waals surface area contributed by atoms with Crippen molar-refractivity contribution in [1.29, 1.82) is 0 Å². The van der Waals surface area contributed by atoms with E-state index in [1.807, 2.05) is 24.3 Å². The highest BCUT2D eigenvalue weighted by molar-refractivity contribution is 6.30. The third-order valence-corrected chi connectivity index (χ3v) is 4.34. The van der Waals surface area contributed by atoms with Gasteiger partial charge in [-0.05, 0) is 58.2 Å². The Morgan fingerprint density at radius 1 is 1.18 bits per heavy atom. The van der Waals surface area contributed by atoms with Crippen LogP contribution in [0.25, 0.3) is 0 Å². The predicted molar refractivity (Wildman–Crippen MR) is 92.5 cm³/mol. The monoisotopic (exact) mass is 322 g/mol. The van der Waals surface area contributed by atoms with Crippen LogP contribution >= 0.6 is 11.6 Å². The Bertz CT molecular complexity index is 506. The van der Waals surface area contributed by atoms with E-state index in [4.69, 9.17) is 11.6 Å². The first kappa shape index (κ1) is 17.5. The molecule has 2 N–H and O–H groups in total. The second kappa shape index (κ2) is 6.69. The van der Waals surface area contributed by atoms with Crippen molar-refractivity contribution in [3.05, 3.63) is 34.9 Å². The van der Waals surface area contributed by atoms with Gasteiger partial charge in [-0.25, -0.2) is 0 Å². The fraction of sp³-hybridized carbons (Fsp3) is 0.611. The Hall–Kier alpha value is -0.900. The first-order valence-electron chi connectivity index (χ1n) is 7.94. The Morgan fingerprint density at radius 3 is 2.27 bits per heavy atom. The minimum Gasteiger partial charge on any atom is -0.307 e. The predicted octanol–water partition coefficient (Wildman–Crippen LogP) is 3.35. The molecule has 0 amide bonds. The summed E-state index contributed by atoms with van der Waals surface area (Å²) in [6.07, 6.45) is 2.53. The molecule has 1 heterocycles. The van der Waals surface area contributed by atoms with E-state index in [-0.39, 0.29) is 16.9 Å². The molecule has 0 spiro atoms. The highest BCUT2D eigenvalue weighted by Crippen LogP contribution is 2.28. The number of hydrogen-bond acceptors (Lipinski definition) is 3. The highest BCUT2D eigenvalue weighted by Gasteiger charge is 2.37. The minimum absolute atomic E-state index is 0.0959. The van der Waals surface area contributed by atoms with Gasteiger partial charge in [0.15, 0.2) is 5.78 Å². The zero-order valence-electron chi connectivity index (χ0n) is 14.0. The van der Waals surface area contributed by atoms with Gasteiger partial charge in [0.1, 0.15) is 0 Å². The molecule has 3 nitrogen and oxygen atoms in total. The molecule has 1 aromatic rings. The number of nitrogens with one attached hydrogen (secondary N) is 2. The second-order valence-electron chi connectivity index (χ2n) is 7.72. The van der Waals surface area contributed by atoms with E-state index in [9.17, 15) is 4.79 Å². The van der Waals surface area contributed by atoms with Crippen molar-refractivity contribution in [2.75, 3.05) is 6.54 Å². The van der Waals surface area contributed by atoms with Gasteiger partial charge in [-0.2, -0.15) is 0 Å². The van der Waals surface area contributed by atoms with E-state index in [1.165, 1.54) is 0 Å². The largest absolute Gasteiger partial charge is 0.307 e. The van der Waals surface area contributed by atoms with Crippen LogP contribution in [0.4, 0.5) is 0 Å². The highest BCUT2D eigenvalue weighted by atomic mass is 35.5. The third kappa shape index (κ3) is 5.38. The van der Waals surface area contributed by atoms with Gasteiger partial charge in [0.25, 0.3) is 0 Å². The zero-order chi connectivity index (χ0) is 16.4. The van der Waals surface area contributed by atoms with Crippen LogP contribution in [0.2, 0.25) is 5.02 Å².